The highest BCUT2D eigenvalue weighted by molar-refractivity contribution is 6.39. The molecule has 0 spiro atoms. The van der Waals surface area contributed by atoms with E-state index in [1.54, 1.807) is 0 Å². The molecule has 9 aromatic heterocycles. The predicted octanol–water partition coefficient (Wildman–Crippen LogP) is 35.1. The third-order valence-corrected chi connectivity index (χ3v) is 29.4. The average Bonchev–Trinajstić information content (AvgIpc) is 1.54. The molecule has 23 aromatic carbocycles. The molecule has 0 aliphatic heterocycles. The number of para-hydroxylation sites is 6. The minimum absolute atomic E-state index is 0.624. The van der Waals surface area contributed by atoms with Gasteiger partial charge in [-0.05, 0) is 166 Å². The Morgan fingerprint density at radius 2 is 0.451 bits per heavy atom. The lowest BCUT2D eigenvalue weighted by Crippen LogP contribution is -2.02. The van der Waals surface area contributed by atoms with E-state index < -0.39 is 0 Å². The quantitative estimate of drug-likeness (QED) is 0.136. The van der Waals surface area contributed by atoms with E-state index in [0.717, 1.165) is 133 Å². The van der Waals surface area contributed by atoms with Gasteiger partial charge < -0.3 is 22.4 Å². The zero-order chi connectivity index (χ0) is 94.3. The molecule has 0 N–H and O–H groups in total. The van der Waals surface area contributed by atoms with E-state index in [9.17, 15) is 0 Å². The van der Waals surface area contributed by atoms with Crippen LogP contribution in [0.25, 0.3) is 302 Å². The molecule has 12 nitrogen and oxygen atoms in total. The van der Waals surface area contributed by atoms with Crippen molar-refractivity contribution in [2.24, 2.45) is 0 Å². The lowest BCUT2D eigenvalue weighted by atomic mass is 9.92. The van der Waals surface area contributed by atoms with Crippen LogP contribution in [-0.2, 0) is 0 Å². The molecule has 0 aliphatic rings. The van der Waals surface area contributed by atoms with Crippen molar-refractivity contribution >= 4 is 229 Å². The molecule has 0 radical (unpaired) electrons. The summed E-state index contributed by atoms with van der Waals surface area (Å²) in [4.78, 5) is 31.1. The predicted molar refractivity (Wildman–Crippen MR) is 596 cm³/mol. The number of fused-ring (bicyclic) bond motifs is 39. The van der Waals surface area contributed by atoms with Crippen LogP contribution < -0.4 is 0 Å². The van der Waals surface area contributed by atoms with E-state index in [1.807, 2.05) is 109 Å². The SMILES string of the molecule is c1ccc(-c2nc(-c3cccc(-n4c5ccccc5c5c6c7ccccc7c7ccccc7c6ccc54)c3)nc3c2oc2ccccc23)cc1.c1ccc(-c2nc(-c3ccccc3)c3oc4c(-n5c6ccccc6c6c7c8ccccc8c8ccccc8c7ccc65)cccc4c3n2)cc1.c1ccc(-c2nc(-n3c4ccccc4c4c5c6ccccc6c6ccccc6c5ccc43)nc3c2oc2ccccc23)cc1. The van der Waals surface area contributed by atoms with E-state index in [0.29, 0.717) is 34.3 Å². The Morgan fingerprint density at radius 1 is 0.160 bits per heavy atom. The highest BCUT2D eigenvalue weighted by Crippen LogP contribution is 2.51. The molecular weight excluding hydrogens is 1760 g/mol. The summed E-state index contributed by atoms with van der Waals surface area (Å²) >= 11 is 0. The monoisotopic (exact) mass is 1840 g/mol. The second-order valence-corrected chi connectivity index (χ2v) is 37.1. The van der Waals surface area contributed by atoms with Crippen LogP contribution in [0.2, 0.25) is 0 Å². The smallest absolute Gasteiger partial charge is 0.236 e. The molecule has 12 heteroatoms. The molecule has 0 atom stereocenters. The minimum Gasteiger partial charge on any atom is -0.452 e. The van der Waals surface area contributed by atoms with Crippen LogP contribution in [0.3, 0.4) is 0 Å². The van der Waals surface area contributed by atoms with Gasteiger partial charge in [0.1, 0.15) is 44.8 Å². The Labute approximate surface area is 820 Å². The third kappa shape index (κ3) is 12.2. The summed E-state index contributed by atoms with van der Waals surface area (Å²) in [5.74, 6) is 1.96. The van der Waals surface area contributed by atoms with Gasteiger partial charge in [-0.1, -0.05) is 382 Å². The molecular formula is C132H77N9O3. The first-order chi connectivity index (χ1) is 71.5. The number of hydrogen-bond acceptors (Lipinski definition) is 9. The van der Waals surface area contributed by atoms with Crippen LogP contribution in [0.5, 0.6) is 0 Å². The first kappa shape index (κ1) is 80.5. The molecule has 0 unspecified atom stereocenters. The van der Waals surface area contributed by atoms with Gasteiger partial charge in [0.15, 0.2) is 34.0 Å². The zero-order valence-corrected chi connectivity index (χ0v) is 77.2. The van der Waals surface area contributed by atoms with Crippen molar-refractivity contribution in [1.82, 2.24) is 43.6 Å². The maximum absolute atomic E-state index is 6.95. The normalized spacial score (nSPS) is 12.0. The zero-order valence-electron chi connectivity index (χ0n) is 77.2. The van der Waals surface area contributed by atoms with Gasteiger partial charge in [0.2, 0.25) is 5.95 Å². The largest absolute Gasteiger partial charge is 0.452 e. The Morgan fingerprint density at radius 3 is 0.889 bits per heavy atom. The van der Waals surface area contributed by atoms with Crippen LogP contribution in [0.15, 0.2) is 480 Å². The first-order valence-electron chi connectivity index (χ1n) is 48.7. The molecule has 0 amide bonds. The van der Waals surface area contributed by atoms with Crippen LogP contribution in [0.4, 0.5) is 0 Å². The van der Waals surface area contributed by atoms with Crippen molar-refractivity contribution in [1.29, 1.82) is 0 Å². The van der Waals surface area contributed by atoms with E-state index in [4.69, 9.17) is 43.2 Å². The van der Waals surface area contributed by atoms with Crippen molar-refractivity contribution in [3.8, 4) is 73.9 Å². The Bertz CT molecular complexity index is 10900. The van der Waals surface area contributed by atoms with E-state index in [1.165, 1.54) is 135 Å². The molecule has 668 valence electrons. The highest BCUT2D eigenvalue weighted by atomic mass is 16.3. The maximum Gasteiger partial charge on any atom is 0.236 e. The minimum atomic E-state index is 0.624. The lowest BCUT2D eigenvalue weighted by molar-refractivity contribution is 0.664. The molecule has 9 heterocycles. The lowest BCUT2D eigenvalue weighted by Gasteiger charge is -2.13. The van der Waals surface area contributed by atoms with Gasteiger partial charge in [-0.2, -0.15) is 0 Å². The van der Waals surface area contributed by atoms with Crippen LogP contribution in [0, 0.1) is 0 Å². The van der Waals surface area contributed by atoms with Gasteiger partial charge in [0.25, 0.3) is 0 Å². The standard InChI is InChI=1S/2C46H27N3O.C40H23N3O/c1-3-14-28(15-4-1)42-45-43(48-46(47-42)29-16-5-2-6-17-29)36-23-13-25-39(44(36)50-45)49-37-24-12-11-22-35(37)41-38(49)27-26-34-32-20-8-7-18-30(32)31-19-9-10-21-33(31)40(34)41;1-2-13-28(14-3-1)43-45-44(37-22-9-11-24-40(37)50-45)48-46(47-43)29-15-12-16-30(27-29)49-38-23-10-8-21-36(38)42-39(49)26-25-35-33-19-5-4-17-31(33)32-18-6-7-20-34(32)41(35)42;1-2-12-24(13-3-1)37-39-38(31-19-9-11-21-34(31)44-39)42-40(41-37)43-32-20-10-8-18-30(32)36-33(43)23-22-29-27-16-5-4-14-25(27)26-15-6-7-17-28(26)35(29)36/h2*1-27H;1-23H. The van der Waals surface area contributed by atoms with E-state index in [-0.39, 0.29) is 0 Å². The number of benzene rings is 23. The maximum atomic E-state index is 6.95. The fourth-order valence-electron chi connectivity index (χ4n) is 23.2. The summed E-state index contributed by atoms with van der Waals surface area (Å²) in [6.45, 7) is 0. The van der Waals surface area contributed by atoms with Crippen LogP contribution in [-0.4, -0.2) is 43.6 Å². The highest BCUT2D eigenvalue weighted by Gasteiger charge is 2.30. The van der Waals surface area contributed by atoms with Crippen molar-refractivity contribution in [2.45, 2.75) is 0 Å². The number of furan rings is 3. The van der Waals surface area contributed by atoms with Gasteiger partial charge >= 0.3 is 0 Å². The van der Waals surface area contributed by atoms with Crippen LogP contribution in [0.1, 0.15) is 0 Å². The van der Waals surface area contributed by atoms with E-state index >= 15 is 0 Å². The average molecular weight is 1840 g/mol. The Hall–Kier alpha value is -19.6. The Balaban J connectivity index is 0.000000101. The molecule has 32 aromatic rings. The molecule has 144 heavy (non-hydrogen) atoms. The number of rotatable bonds is 8. The first-order valence-corrected chi connectivity index (χ1v) is 48.7. The topological polar surface area (TPSA) is 132 Å². The molecule has 0 saturated heterocycles. The second kappa shape index (κ2) is 32.0. The molecule has 0 saturated carbocycles. The van der Waals surface area contributed by atoms with E-state index in [2.05, 4.69) is 372 Å². The summed E-state index contributed by atoms with van der Waals surface area (Å²) in [5, 5.41) is 33.0. The fraction of sp³-hybridized carbons (Fsp3) is 0. The van der Waals surface area contributed by atoms with Gasteiger partial charge in [0.05, 0.1) is 38.8 Å². The second-order valence-electron chi connectivity index (χ2n) is 37.1. The molecule has 32 rings (SSSR count). The summed E-state index contributed by atoms with van der Waals surface area (Å²) < 4.78 is 26.7. The van der Waals surface area contributed by atoms with Gasteiger partial charge in [-0.3, -0.25) is 4.57 Å². The summed E-state index contributed by atoms with van der Waals surface area (Å²) in [7, 11) is 0. The van der Waals surface area contributed by atoms with Crippen molar-refractivity contribution in [2.75, 3.05) is 0 Å². The summed E-state index contributed by atoms with van der Waals surface area (Å²) in [6.07, 6.45) is 0. The van der Waals surface area contributed by atoms with Gasteiger partial charge in [0, 0.05) is 98.1 Å². The van der Waals surface area contributed by atoms with Crippen LogP contribution >= 0.6 is 0 Å². The number of hydrogen-bond donors (Lipinski definition) is 0. The van der Waals surface area contributed by atoms with Crippen molar-refractivity contribution in [3.05, 3.63) is 467 Å². The fourth-order valence-corrected chi connectivity index (χ4v) is 23.2. The molecule has 0 aliphatic carbocycles. The molecule has 0 fully saturated rings. The third-order valence-electron chi connectivity index (χ3n) is 29.4. The van der Waals surface area contributed by atoms with Crippen molar-refractivity contribution < 1.29 is 13.3 Å². The molecule has 0 bridgehead atoms. The summed E-state index contributed by atoms with van der Waals surface area (Å²) in [6, 6.07) is 165. The Kier molecular flexibility index (Phi) is 17.9. The van der Waals surface area contributed by atoms with Gasteiger partial charge in [-0.15, -0.1) is 0 Å². The number of aromatic nitrogens is 9. The number of nitrogens with zero attached hydrogens (tertiary/aromatic N) is 9. The van der Waals surface area contributed by atoms with Crippen molar-refractivity contribution in [3.63, 3.8) is 0 Å². The van der Waals surface area contributed by atoms with Gasteiger partial charge in [-0.25, -0.2) is 29.9 Å². The summed E-state index contributed by atoms with van der Waals surface area (Å²) in [5.41, 5.74) is 22.9.